The Morgan fingerprint density at radius 3 is 2.74 bits per heavy atom. The summed E-state index contributed by atoms with van der Waals surface area (Å²) in [6, 6.07) is 1.45. The number of nitrogens with zero attached hydrogens (tertiary/aromatic N) is 1. The number of rotatable bonds is 3. The number of hydrogen-bond donors (Lipinski definition) is 2. The largest absolute Gasteiger partial charge is 0.467 e. The van der Waals surface area contributed by atoms with Gasteiger partial charge in [0, 0.05) is 6.42 Å². The van der Waals surface area contributed by atoms with Crippen molar-refractivity contribution in [3.8, 4) is 0 Å². The molecule has 1 fully saturated rings. The minimum absolute atomic E-state index is 0.0267. The summed E-state index contributed by atoms with van der Waals surface area (Å²) in [7, 11) is 0. The Morgan fingerprint density at radius 1 is 1.53 bits per heavy atom. The molecular formula is C12H15N3O4. The maximum Gasteiger partial charge on any atom is 0.268 e. The first-order valence-corrected chi connectivity index (χ1v) is 5.78. The molecule has 102 valence electrons. The van der Waals surface area contributed by atoms with Gasteiger partial charge in [0.25, 0.3) is 5.91 Å². The van der Waals surface area contributed by atoms with E-state index in [-0.39, 0.29) is 30.3 Å². The molecule has 0 aliphatic carbocycles. The molecule has 7 nitrogen and oxygen atoms in total. The second-order valence-electron chi connectivity index (χ2n) is 5.12. The Balaban J connectivity index is 2.14. The van der Waals surface area contributed by atoms with Crippen molar-refractivity contribution in [2.24, 2.45) is 11.3 Å². The average molecular weight is 265 g/mol. The molecule has 2 heterocycles. The molecule has 1 aliphatic heterocycles. The van der Waals surface area contributed by atoms with Gasteiger partial charge in [0.1, 0.15) is 12.0 Å². The van der Waals surface area contributed by atoms with E-state index < -0.39 is 11.3 Å². The van der Waals surface area contributed by atoms with Gasteiger partial charge in [-0.2, -0.15) is 0 Å². The van der Waals surface area contributed by atoms with E-state index in [0.29, 0.717) is 5.76 Å². The molecule has 0 unspecified atom stereocenters. The molecule has 19 heavy (non-hydrogen) atoms. The molecule has 0 radical (unpaired) electrons. The van der Waals surface area contributed by atoms with E-state index in [1.54, 1.807) is 13.8 Å². The fourth-order valence-electron chi connectivity index (χ4n) is 2.01. The molecule has 1 aromatic rings. The highest BCUT2D eigenvalue weighted by molar-refractivity contribution is 6.05. The topological polar surface area (TPSA) is 106 Å². The quantitative estimate of drug-likeness (QED) is 0.351. The number of carbonyl (C=O) groups is 3. The summed E-state index contributed by atoms with van der Waals surface area (Å²) in [5, 5.41) is 0. The Hall–Kier alpha value is -2.15. The zero-order valence-corrected chi connectivity index (χ0v) is 10.7. The molecule has 1 saturated heterocycles. The van der Waals surface area contributed by atoms with Crippen molar-refractivity contribution in [3.63, 3.8) is 0 Å². The first-order chi connectivity index (χ1) is 8.85. The van der Waals surface area contributed by atoms with Crippen LogP contribution in [0.5, 0.6) is 0 Å². The number of nitrogens with one attached hydrogen (secondary N) is 1. The molecule has 0 saturated carbocycles. The third kappa shape index (κ3) is 2.37. The molecule has 1 aromatic heterocycles. The number of likely N-dealkylation sites (tertiary alicyclic amines) is 1. The van der Waals surface area contributed by atoms with Crippen LogP contribution in [-0.4, -0.2) is 22.6 Å². The van der Waals surface area contributed by atoms with Gasteiger partial charge in [0.15, 0.2) is 0 Å². The van der Waals surface area contributed by atoms with E-state index in [9.17, 15) is 14.4 Å². The SMILES string of the molecule is CC1(C)CC(=O)N(Cc2cc(C(=O)NN)co2)C1=O. The summed E-state index contributed by atoms with van der Waals surface area (Å²) in [5.74, 6) is 4.39. The van der Waals surface area contributed by atoms with Gasteiger partial charge in [-0.05, 0) is 6.07 Å². The fourth-order valence-corrected chi connectivity index (χ4v) is 2.01. The summed E-state index contributed by atoms with van der Waals surface area (Å²) in [6.07, 6.45) is 1.41. The van der Waals surface area contributed by atoms with Crippen LogP contribution in [-0.2, 0) is 16.1 Å². The fraction of sp³-hybridized carbons (Fsp3) is 0.417. The molecule has 3 amide bonds. The molecular weight excluding hydrogens is 250 g/mol. The number of nitrogen functional groups attached to an aromatic ring is 1. The number of amides is 3. The number of carbonyl (C=O) groups excluding carboxylic acids is 3. The molecule has 2 rings (SSSR count). The van der Waals surface area contributed by atoms with Crippen LogP contribution in [0.1, 0.15) is 36.4 Å². The van der Waals surface area contributed by atoms with Crippen LogP contribution in [0.15, 0.2) is 16.7 Å². The summed E-state index contributed by atoms with van der Waals surface area (Å²) in [5.41, 5.74) is 1.54. The van der Waals surface area contributed by atoms with Crippen molar-refractivity contribution in [2.75, 3.05) is 0 Å². The normalized spacial score (nSPS) is 17.9. The number of furan rings is 1. The lowest BCUT2D eigenvalue weighted by atomic mass is 9.92. The minimum atomic E-state index is -0.679. The molecule has 0 aromatic carbocycles. The van der Waals surface area contributed by atoms with Crippen LogP contribution in [0.2, 0.25) is 0 Å². The van der Waals surface area contributed by atoms with Gasteiger partial charge in [-0.3, -0.25) is 24.7 Å². The zero-order chi connectivity index (χ0) is 14.2. The van der Waals surface area contributed by atoms with E-state index in [2.05, 4.69) is 0 Å². The van der Waals surface area contributed by atoms with E-state index in [0.717, 1.165) is 4.90 Å². The summed E-state index contributed by atoms with van der Waals surface area (Å²) >= 11 is 0. The molecule has 1 aliphatic rings. The highest BCUT2D eigenvalue weighted by atomic mass is 16.3. The third-order valence-corrected chi connectivity index (χ3v) is 3.08. The summed E-state index contributed by atoms with van der Waals surface area (Å²) in [6.45, 7) is 3.48. The highest BCUT2D eigenvalue weighted by Crippen LogP contribution is 2.32. The van der Waals surface area contributed by atoms with E-state index >= 15 is 0 Å². The first-order valence-electron chi connectivity index (χ1n) is 5.78. The van der Waals surface area contributed by atoms with Crippen molar-refractivity contribution in [2.45, 2.75) is 26.8 Å². The van der Waals surface area contributed by atoms with Crippen molar-refractivity contribution in [3.05, 3.63) is 23.7 Å². The summed E-state index contributed by atoms with van der Waals surface area (Å²) in [4.78, 5) is 36.2. The van der Waals surface area contributed by atoms with Gasteiger partial charge >= 0.3 is 0 Å². The van der Waals surface area contributed by atoms with Crippen LogP contribution >= 0.6 is 0 Å². The lowest BCUT2D eigenvalue weighted by Gasteiger charge is -2.16. The Bertz CT molecular complexity index is 547. The van der Waals surface area contributed by atoms with E-state index in [4.69, 9.17) is 10.3 Å². The standard InChI is InChI=1S/C12H15N3O4/c1-12(2)4-9(16)15(11(12)18)5-8-3-7(6-19-8)10(17)14-13/h3,6H,4-5,13H2,1-2H3,(H,14,17). The second kappa shape index (κ2) is 4.51. The first kappa shape index (κ1) is 13.3. The van der Waals surface area contributed by atoms with Crippen LogP contribution in [0.3, 0.4) is 0 Å². The number of hydrogen-bond acceptors (Lipinski definition) is 5. The Kier molecular flexibility index (Phi) is 3.15. The van der Waals surface area contributed by atoms with Crippen LogP contribution < -0.4 is 11.3 Å². The van der Waals surface area contributed by atoms with E-state index in [1.165, 1.54) is 12.3 Å². The van der Waals surface area contributed by atoms with Crippen molar-refractivity contribution in [1.82, 2.24) is 10.3 Å². The van der Waals surface area contributed by atoms with Gasteiger partial charge in [-0.15, -0.1) is 0 Å². The Morgan fingerprint density at radius 2 is 2.21 bits per heavy atom. The Labute approximate surface area is 109 Å². The molecule has 0 bridgehead atoms. The monoisotopic (exact) mass is 265 g/mol. The van der Waals surface area contributed by atoms with Crippen LogP contribution in [0.4, 0.5) is 0 Å². The zero-order valence-electron chi connectivity index (χ0n) is 10.7. The summed E-state index contributed by atoms with van der Waals surface area (Å²) < 4.78 is 5.15. The predicted molar refractivity (Wildman–Crippen MR) is 64.3 cm³/mol. The van der Waals surface area contributed by atoms with Crippen molar-refractivity contribution >= 4 is 17.7 Å². The second-order valence-corrected chi connectivity index (χ2v) is 5.12. The number of imide groups is 1. The molecule has 7 heteroatoms. The maximum atomic E-state index is 12.0. The third-order valence-electron chi connectivity index (χ3n) is 3.08. The number of nitrogens with two attached hydrogens (primary N) is 1. The molecule has 0 spiro atoms. The van der Waals surface area contributed by atoms with Gasteiger partial charge in [-0.25, -0.2) is 5.84 Å². The van der Waals surface area contributed by atoms with Crippen molar-refractivity contribution < 1.29 is 18.8 Å². The number of hydrazine groups is 1. The van der Waals surface area contributed by atoms with Gasteiger partial charge in [0.05, 0.1) is 17.5 Å². The van der Waals surface area contributed by atoms with Gasteiger partial charge < -0.3 is 4.42 Å². The lowest BCUT2D eigenvalue weighted by molar-refractivity contribution is -0.141. The van der Waals surface area contributed by atoms with E-state index in [1.807, 2.05) is 5.43 Å². The highest BCUT2D eigenvalue weighted by Gasteiger charge is 2.44. The minimum Gasteiger partial charge on any atom is -0.467 e. The maximum absolute atomic E-state index is 12.0. The molecule has 0 atom stereocenters. The van der Waals surface area contributed by atoms with Crippen molar-refractivity contribution in [1.29, 1.82) is 0 Å². The smallest absolute Gasteiger partial charge is 0.268 e. The van der Waals surface area contributed by atoms with Crippen LogP contribution in [0, 0.1) is 5.41 Å². The predicted octanol–water partition coefficient (Wildman–Crippen LogP) is 0.168. The lowest BCUT2D eigenvalue weighted by Crippen LogP contribution is -2.32. The average Bonchev–Trinajstić information content (AvgIpc) is 2.88. The molecule has 3 N–H and O–H groups in total. The van der Waals surface area contributed by atoms with Gasteiger partial charge in [-0.1, -0.05) is 13.8 Å². The van der Waals surface area contributed by atoms with Crippen LogP contribution in [0.25, 0.3) is 0 Å². The van der Waals surface area contributed by atoms with Gasteiger partial charge in [0.2, 0.25) is 11.8 Å².